The summed E-state index contributed by atoms with van der Waals surface area (Å²) in [4.78, 5) is 52.9. The lowest BCUT2D eigenvalue weighted by molar-refractivity contribution is -0.132. The average molecular weight is 603 g/mol. The molecule has 4 bridgehead atoms. The van der Waals surface area contributed by atoms with Crippen LogP contribution in [0.5, 0.6) is 23.0 Å². The summed E-state index contributed by atoms with van der Waals surface area (Å²) in [5.41, 5.74) is 1.62. The zero-order chi connectivity index (χ0) is 31.8. The average Bonchev–Trinajstić information content (AvgIpc) is 3.00. The number of rotatable bonds is 6. The smallest absolute Gasteiger partial charge is 0.255 e. The van der Waals surface area contributed by atoms with Gasteiger partial charge in [0.2, 0.25) is 17.7 Å². The summed E-state index contributed by atoms with van der Waals surface area (Å²) in [6, 6.07) is 15.8. The molecule has 11 heteroatoms. The van der Waals surface area contributed by atoms with Crippen molar-refractivity contribution < 1.29 is 33.8 Å². The minimum Gasteiger partial charge on any atom is -0.507 e. The van der Waals surface area contributed by atoms with Crippen LogP contribution in [0.2, 0.25) is 0 Å². The molecule has 0 saturated carbocycles. The van der Waals surface area contributed by atoms with Crippen LogP contribution in [0.15, 0.2) is 66.7 Å². The van der Waals surface area contributed by atoms with Crippen molar-refractivity contribution in [2.24, 2.45) is 5.92 Å². The zero-order valence-corrected chi connectivity index (χ0v) is 25.2. The Kier molecular flexibility index (Phi) is 10.4. The number of phenols is 1. The van der Waals surface area contributed by atoms with Crippen LogP contribution in [0.4, 0.5) is 0 Å². The fourth-order valence-electron chi connectivity index (χ4n) is 4.81. The molecule has 2 aliphatic rings. The third-order valence-corrected chi connectivity index (χ3v) is 7.32. The van der Waals surface area contributed by atoms with Gasteiger partial charge in [-0.15, -0.1) is 0 Å². The number of fused-ring (bicyclic) bond motifs is 11. The van der Waals surface area contributed by atoms with Crippen LogP contribution >= 0.6 is 0 Å². The van der Waals surface area contributed by atoms with Crippen molar-refractivity contribution in [1.82, 2.24) is 21.3 Å². The van der Waals surface area contributed by atoms with E-state index in [1.165, 1.54) is 25.1 Å². The molecule has 3 atom stereocenters. The predicted molar refractivity (Wildman–Crippen MR) is 164 cm³/mol. The van der Waals surface area contributed by atoms with Gasteiger partial charge in [-0.1, -0.05) is 44.2 Å². The predicted octanol–water partition coefficient (Wildman–Crippen LogP) is 2.85. The molecule has 0 radical (unpaired) electrons. The van der Waals surface area contributed by atoms with Crippen LogP contribution in [0.1, 0.15) is 42.3 Å². The second-order valence-electron chi connectivity index (χ2n) is 11.0. The first-order chi connectivity index (χ1) is 21.0. The van der Waals surface area contributed by atoms with Gasteiger partial charge in [0.05, 0.1) is 12.7 Å². The lowest BCUT2D eigenvalue weighted by Gasteiger charge is -2.25. The third kappa shape index (κ3) is 8.06. The number of nitrogens with one attached hydrogen (secondary N) is 4. The maximum Gasteiger partial charge on any atom is 0.255 e. The Morgan fingerprint density at radius 2 is 1.68 bits per heavy atom. The van der Waals surface area contributed by atoms with Gasteiger partial charge in [0.25, 0.3) is 5.91 Å². The van der Waals surface area contributed by atoms with Crippen LogP contribution in [-0.2, 0) is 27.2 Å². The van der Waals surface area contributed by atoms with Gasteiger partial charge in [-0.25, -0.2) is 0 Å². The highest BCUT2D eigenvalue weighted by molar-refractivity contribution is 6.00. The maximum absolute atomic E-state index is 13.4. The topological polar surface area (TPSA) is 155 Å². The highest BCUT2D eigenvalue weighted by atomic mass is 16.5. The quantitative estimate of drug-likeness (QED) is 0.272. The van der Waals surface area contributed by atoms with E-state index in [2.05, 4.69) is 21.3 Å². The number of ether oxygens (including phenoxy) is 2. The largest absolute Gasteiger partial charge is 0.507 e. The van der Waals surface area contributed by atoms with Crippen molar-refractivity contribution >= 4 is 23.6 Å². The van der Waals surface area contributed by atoms with Crippen molar-refractivity contribution in [3.63, 3.8) is 0 Å². The molecule has 0 spiro atoms. The van der Waals surface area contributed by atoms with Gasteiger partial charge in [0.1, 0.15) is 41.1 Å². The van der Waals surface area contributed by atoms with E-state index in [0.29, 0.717) is 24.5 Å². The molecule has 2 aliphatic heterocycles. The highest BCUT2D eigenvalue weighted by Gasteiger charge is 2.30. The minimum atomic E-state index is -1.02. The van der Waals surface area contributed by atoms with E-state index in [1.807, 2.05) is 24.3 Å². The summed E-state index contributed by atoms with van der Waals surface area (Å²) in [6.45, 7) is 5.31. The summed E-state index contributed by atoms with van der Waals surface area (Å²) in [5.74, 6) is -1.35. The number of phenolic OH excluding ortho intramolecular Hbond substituents is 1. The van der Waals surface area contributed by atoms with Crippen LogP contribution in [0, 0.1) is 5.92 Å². The number of benzene rings is 3. The Morgan fingerprint density at radius 1 is 0.977 bits per heavy atom. The molecule has 3 aromatic rings. The Balaban J connectivity index is 1.59. The van der Waals surface area contributed by atoms with E-state index in [0.717, 1.165) is 16.9 Å². The van der Waals surface area contributed by atoms with Crippen molar-refractivity contribution in [2.75, 3.05) is 13.7 Å². The Morgan fingerprint density at radius 3 is 2.39 bits per heavy atom. The molecule has 44 heavy (non-hydrogen) atoms. The maximum atomic E-state index is 13.4. The van der Waals surface area contributed by atoms with Crippen LogP contribution < -0.4 is 30.7 Å². The molecule has 4 amide bonds. The molecular formula is C33H38N4O7. The third-order valence-electron chi connectivity index (χ3n) is 7.32. The fraction of sp³-hybridized carbons (Fsp3) is 0.333. The van der Waals surface area contributed by atoms with E-state index in [4.69, 9.17) is 9.47 Å². The molecule has 0 saturated heterocycles. The van der Waals surface area contributed by atoms with Crippen molar-refractivity contribution in [3.8, 4) is 23.0 Å². The van der Waals surface area contributed by atoms with Crippen LogP contribution in [0.25, 0.3) is 0 Å². The molecule has 5 rings (SSSR count). The number of carbonyl (C=O) groups is 4. The number of methoxy groups -OCH3 is 1. The fourth-order valence-corrected chi connectivity index (χ4v) is 4.81. The zero-order valence-electron chi connectivity index (χ0n) is 25.2. The first-order valence-electron chi connectivity index (χ1n) is 14.5. The molecule has 232 valence electrons. The number of aromatic hydroxyl groups is 1. The van der Waals surface area contributed by atoms with E-state index in [1.54, 1.807) is 45.2 Å². The van der Waals surface area contributed by atoms with Crippen LogP contribution in [-0.4, -0.2) is 60.5 Å². The first-order valence-corrected chi connectivity index (χ1v) is 14.5. The second kappa shape index (κ2) is 14.4. The van der Waals surface area contributed by atoms with Gasteiger partial charge in [-0.2, -0.15) is 0 Å². The first kappa shape index (κ1) is 31.9. The molecule has 3 aromatic carbocycles. The Hall–Kier alpha value is -5.06. The standard InChI is InChI=1S/C33H38N4O7/c1-19(2)29-33(42)35-20(3)30(39)36-26(32(41)34-16-15-22-7-5-6-8-28(22)43-4)17-21-9-11-23(12-10-21)44-24-13-14-27(38)25(18-24)31(40)37-29/h5-14,18-20,26,29,38H,15-17H2,1-4H3,(H,34,41)(H,35,42)(H,36,39)(H,37,40)/t20-,26-,29-/m0/s1. The molecular weight excluding hydrogens is 564 g/mol. The summed E-state index contributed by atoms with van der Waals surface area (Å²) in [5, 5.41) is 21.3. The van der Waals surface area contributed by atoms with E-state index in [9.17, 15) is 24.3 Å². The van der Waals surface area contributed by atoms with E-state index >= 15 is 0 Å². The number of hydrogen-bond acceptors (Lipinski definition) is 7. The van der Waals surface area contributed by atoms with Gasteiger partial charge in [0, 0.05) is 13.0 Å². The van der Waals surface area contributed by atoms with Gasteiger partial charge >= 0.3 is 0 Å². The number of amides is 4. The van der Waals surface area contributed by atoms with Gasteiger partial charge in [0.15, 0.2) is 0 Å². The molecule has 0 aromatic heterocycles. The molecule has 0 aliphatic carbocycles. The molecule has 11 nitrogen and oxygen atoms in total. The van der Waals surface area contributed by atoms with Gasteiger partial charge < -0.3 is 35.8 Å². The number of para-hydroxylation sites is 1. The molecule has 5 N–H and O–H groups in total. The number of carbonyl (C=O) groups excluding carboxylic acids is 4. The van der Waals surface area contributed by atoms with Crippen molar-refractivity contribution in [2.45, 2.75) is 51.7 Å². The molecule has 2 heterocycles. The molecule has 0 unspecified atom stereocenters. The highest BCUT2D eigenvalue weighted by Crippen LogP contribution is 2.28. The summed E-state index contributed by atoms with van der Waals surface area (Å²) < 4.78 is 11.3. The summed E-state index contributed by atoms with van der Waals surface area (Å²) >= 11 is 0. The summed E-state index contributed by atoms with van der Waals surface area (Å²) in [7, 11) is 1.59. The Labute approximate surface area is 256 Å². The van der Waals surface area contributed by atoms with Crippen molar-refractivity contribution in [3.05, 3.63) is 83.4 Å². The second-order valence-corrected chi connectivity index (χ2v) is 11.0. The normalized spacial score (nSPS) is 19.1. The lowest BCUT2D eigenvalue weighted by atomic mass is 10.0. The molecule has 0 fully saturated rings. The van der Waals surface area contributed by atoms with E-state index in [-0.39, 0.29) is 29.6 Å². The van der Waals surface area contributed by atoms with Gasteiger partial charge in [-0.05, 0) is 66.8 Å². The Bertz CT molecular complexity index is 1510. The van der Waals surface area contributed by atoms with Crippen molar-refractivity contribution in [1.29, 1.82) is 0 Å². The van der Waals surface area contributed by atoms with Gasteiger partial charge in [-0.3, -0.25) is 19.2 Å². The van der Waals surface area contributed by atoms with Crippen LogP contribution in [0.3, 0.4) is 0 Å². The SMILES string of the molecule is COc1ccccc1CCNC(=O)[C@@H]1Cc2ccc(cc2)Oc2ccc(O)c(c2)C(=O)N[C@@H](C(C)C)C(=O)N[C@@H](C)C(=O)N1. The monoisotopic (exact) mass is 602 g/mol. The lowest BCUT2D eigenvalue weighted by Crippen LogP contribution is -2.57. The number of hydrogen-bond donors (Lipinski definition) is 5. The summed E-state index contributed by atoms with van der Waals surface area (Å²) in [6.07, 6.45) is 0.706. The van der Waals surface area contributed by atoms with E-state index < -0.39 is 35.8 Å². The minimum absolute atomic E-state index is 0.0657.